The highest BCUT2D eigenvalue weighted by Crippen LogP contribution is 2.19. The molecule has 0 fully saturated rings. The van der Waals surface area contributed by atoms with Gasteiger partial charge in [-0.25, -0.2) is 4.79 Å². The number of hydrogen-bond donors (Lipinski definition) is 1. The third kappa shape index (κ3) is 4.09. The largest absolute Gasteiger partial charge is 0.453 e. The number of pyridine rings is 1. The lowest BCUT2D eigenvalue weighted by Gasteiger charge is -2.17. The summed E-state index contributed by atoms with van der Waals surface area (Å²) in [7, 11) is 1.37. The van der Waals surface area contributed by atoms with Crippen LogP contribution in [0.4, 0.5) is 4.79 Å². The molecular formula is C16H18N2O2. The fraction of sp³-hybridized carbons (Fsp3) is 0.250. The van der Waals surface area contributed by atoms with E-state index in [2.05, 4.69) is 27.2 Å². The van der Waals surface area contributed by atoms with Crippen molar-refractivity contribution in [1.29, 1.82) is 0 Å². The Balaban J connectivity index is 2.10. The van der Waals surface area contributed by atoms with Gasteiger partial charge in [0.25, 0.3) is 0 Å². The zero-order chi connectivity index (χ0) is 14.2. The predicted molar refractivity (Wildman–Crippen MR) is 77.5 cm³/mol. The number of ether oxygens (including phenoxy) is 1. The number of alkyl carbamates (subject to hydrolysis) is 1. The van der Waals surface area contributed by atoms with Crippen molar-refractivity contribution in [3.63, 3.8) is 0 Å². The second-order valence-electron chi connectivity index (χ2n) is 4.55. The summed E-state index contributed by atoms with van der Waals surface area (Å²) in [6.45, 7) is 0.533. The molecule has 1 aromatic heterocycles. The lowest BCUT2D eigenvalue weighted by molar-refractivity contribution is 0.170. The summed E-state index contributed by atoms with van der Waals surface area (Å²) in [6, 6.07) is 14.1. The van der Waals surface area contributed by atoms with Crippen molar-refractivity contribution in [2.75, 3.05) is 13.7 Å². The molecule has 0 saturated carbocycles. The fourth-order valence-corrected chi connectivity index (χ4v) is 2.12. The van der Waals surface area contributed by atoms with Crippen LogP contribution in [0.5, 0.6) is 0 Å². The van der Waals surface area contributed by atoms with Crippen LogP contribution in [0.3, 0.4) is 0 Å². The smallest absolute Gasteiger partial charge is 0.406 e. The van der Waals surface area contributed by atoms with E-state index in [9.17, 15) is 4.79 Å². The monoisotopic (exact) mass is 270 g/mol. The Hall–Kier alpha value is -2.36. The van der Waals surface area contributed by atoms with E-state index in [1.165, 1.54) is 12.7 Å². The minimum atomic E-state index is -0.405. The zero-order valence-electron chi connectivity index (χ0n) is 11.5. The maximum Gasteiger partial charge on any atom is 0.406 e. The molecule has 2 aromatic rings. The van der Waals surface area contributed by atoms with E-state index in [1.54, 1.807) is 6.20 Å². The van der Waals surface area contributed by atoms with E-state index in [4.69, 9.17) is 0 Å². The molecule has 0 saturated heterocycles. The van der Waals surface area contributed by atoms with E-state index in [-0.39, 0.29) is 5.92 Å². The molecule has 1 amide bonds. The van der Waals surface area contributed by atoms with E-state index in [0.29, 0.717) is 6.54 Å². The predicted octanol–water partition coefficient (Wildman–Crippen LogP) is 2.76. The van der Waals surface area contributed by atoms with Crippen molar-refractivity contribution in [3.05, 3.63) is 66.0 Å². The van der Waals surface area contributed by atoms with Crippen molar-refractivity contribution in [3.8, 4) is 0 Å². The number of benzene rings is 1. The lowest BCUT2D eigenvalue weighted by Crippen LogP contribution is -2.29. The number of nitrogens with one attached hydrogen (secondary N) is 1. The SMILES string of the molecule is COC(=O)NCC(Cc1cccnc1)c1ccccc1. The molecule has 4 nitrogen and oxygen atoms in total. The quantitative estimate of drug-likeness (QED) is 0.909. The molecule has 104 valence electrons. The summed E-state index contributed by atoms with van der Waals surface area (Å²) in [5.74, 6) is 0.194. The van der Waals surface area contributed by atoms with Crippen LogP contribution in [-0.4, -0.2) is 24.7 Å². The van der Waals surface area contributed by atoms with Crippen LogP contribution < -0.4 is 5.32 Å². The van der Waals surface area contributed by atoms with Crippen LogP contribution in [-0.2, 0) is 11.2 Å². The fourth-order valence-electron chi connectivity index (χ4n) is 2.12. The topological polar surface area (TPSA) is 51.2 Å². The van der Waals surface area contributed by atoms with Crippen LogP contribution in [0.15, 0.2) is 54.9 Å². The van der Waals surface area contributed by atoms with Gasteiger partial charge in [-0.3, -0.25) is 4.98 Å². The first-order valence-electron chi connectivity index (χ1n) is 6.55. The molecule has 1 heterocycles. The van der Waals surface area contributed by atoms with Gasteiger partial charge in [0.2, 0.25) is 0 Å². The maximum absolute atomic E-state index is 11.3. The molecule has 0 aliphatic heterocycles. The summed E-state index contributed by atoms with van der Waals surface area (Å²) in [6.07, 6.45) is 4.03. The van der Waals surface area contributed by atoms with Gasteiger partial charge in [0, 0.05) is 24.9 Å². The summed E-state index contributed by atoms with van der Waals surface area (Å²) in [4.78, 5) is 15.4. The third-order valence-corrected chi connectivity index (χ3v) is 3.15. The minimum Gasteiger partial charge on any atom is -0.453 e. The molecule has 4 heteroatoms. The van der Waals surface area contributed by atoms with Gasteiger partial charge in [0.1, 0.15) is 0 Å². The van der Waals surface area contributed by atoms with Crippen LogP contribution in [0.2, 0.25) is 0 Å². The number of methoxy groups -OCH3 is 1. The molecule has 0 spiro atoms. The van der Waals surface area contributed by atoms with E-state index in [0.717, 1.165) is 12.0 Å². The number of nitrogens with zero attached hydrogens (tertiary/aromatic N) is 1. The van der Waals surface area contributed by atoms with Crippen molar-refractivity contribution in [1.82, 2.24) is 10.3 Å². The molecule has 0 bridgehead atoms. The Labute approximate surface area is 118 Å². The zero-order valence-corrected chi connectivity index (χ0v) is 11.5. The Kier molecular flexibility index (Phi) is 5.12. The first kappa shape index (κ1) is 14.1. The average molecular weight is 270 g/mol. The number of hydrogen-bond acceptors (Lipinski definition) is 3. The van der Waals surface area contributed by atoms with Gasteiger partial charge in [0.05, 0.1) is 7.11 Å². The average Bonchev–Trinajstić information content (AvgIpc) is 2.53. The summed E-state index contributed by atoms with van der Waals surface area (Å²) < 4.78 is 4.62. The van der Waals surface area contributed by atoms with Gasteiger partial charge < -0.3 is 10.1 Å². The summed E-state index contributed by atoms with van der Waals surface area (Å²) in [5.41, 5.74) is 2.33. The molecule has 1 unspecified atom stereocenters. The van der Waals surface area contributed by atoms with Crippen molar-refractivity contribution in [2.24, 2.45) is 0 Å². The van der Waals surface area contributed by atoms with Crippen molar-refractivity contribution >= 4 is 6.09 Å². The normalized spacial score (nSPS) is 11.7. The summed E-state index contributed by atoms with van der Waals surface area (Å²) >= 11 is 0. The highest BCUT2D eigenvalue weighted by Gasteiger charge is 2.13. The third-order valence-electron chi connectivity index (χ3n) is 3.15. The first-order valence-corrected chi connectivity index (χ1v) is 6.55. The molecule has 1 atom stereocenters. The number of carbonyl (C=O) groups is 1. The van der Waals surface area contributed by atoms with Crippen LogP contribution >= 0.6 is 0 Å². The molecule has 0 radical (unpaired) electrons. The number of aromatic nitrogens is 1. The van der Waals surface area contributed by atoms with Crippen LogP contribution in [0.25, 0.3) is 0 Å². The molecule has 0 aliphatic carbocycles. The van der Waals surface area contributed by atoms with Gasteiger partial charge in [-0.05, 0) is 23.6 Å². The van der Waals surface area contributed by atoms with Gasteiger partial charge >= 0.3 is 6.09 Å². The molecule has 1 N–H and O–H groups in total. The Morgan fingerprint density at radius 2 is 2.05 bits per heavy atom. The second kappa shape index (κ2) is 7.28. The van der Waals surface area contributed by atoms with Crippen LogP contribution in [0, 0.1) is 0 Å². The van der Waals surface area contributed by atoms with Crippen molar-refractivity contribution in [2.45, 2.75) is 12.3 Å². The van der Waals surface area contributed by atoms with E-state index < -0.39 is 6.09 Å². The molecule has 20 heavy (non-hydrogen) atoms. The van der Waals surface area contributed by atoms with Gasteiger partial charge in [-0.2, -0.15) is 0 Å². The number of rotatable bonds is 5. The molecular weight excluding hydrogens is 252 g/mol. The van der Waals surface area contributed by atoms with Crippen molar-refractivity contribution < 1.29 is 9.53 Å². The van der Waals surface area contributed by atoms with E-state index in [1.807, 2.05) is 36.5 Å². The maximum atomic E-state index is 11.3. The molecule has 2 rings (SSSR count). The van der Waals surface area contributed by atoms with Gasteiger partial charge in [0.15, 0.2) is 0 Å². The van der Waals surface area contributed by atoms with Crippen LogP contribution in [0.1, 0.15) is 17.0 Å². The minimum absolute atomic E-state index is 0.194. The van der Waals surface area contributed by atoms with E-state index >= 15 is 0 Å². The molecule has 0 aliphatic rings. The highest BCUT2D eigenvalue weighted by molar-refractivity contribution is 5.66. The number of amides is 1. The Morgan fingerprint density at radius 3 is 2.70 bits per heavy atom. The molecule has 1 aromatic carbocycles. The Morgan fingerprint density at radius 1 is 1.25 bits per heavy atom. The first-order chi connectivity index (χ1) is 9.79. The number of carbonyl (C=O) groups excluding carboxylic acids is 1. The summed E-state index contributed by atoms with van der Waals surface area (Å²) in [5, 5.41) is 2.77. The van der Waals surface area contributed by atoms with Gasteiger partial charge in [-0.1, -0.05) is 36.4 Å². The van der Waals surface area contributed by atoms with Gasteiger partial charge in [-0.15, -0.1) is 0 Å². The second-order valence-corrected chi connectivity index (χ2v) is 4.55. The Bertz CT molecular complexity index is 529. The standard InChI is InChI=1S/C16H18N2O2/c1-20-16(19)18-12-15(14-7-3-2-4-8-14)10-13-6-5-9-17-11-13/h2-9,11,15H,10,12H2,1H3,(H,18,19). The lowest BCUT2D eigenvalue weighted by atomic mass is 9.92. The highest BCUT2D eigenvalue weighted by atomic mass is 16.5.